The number of anilines is 1. The summed E-state index contributed by atoms with van der Waals surface area (Å²) in [7, 11) is 1.61. The summed E-state index contributed by atoms with van der Waals surface area (Å²) in [6.45, 7) is 4.40. The molecule has 0 radical (unpaired) electrons. The Bertz CT molecular complexity index is 513. The molecule has 5 nitrogen and oxygen atoms in total. The van der Waals surface area contributed by atoms with Gasteiger partial charge in [0.25, 0.3) is 0 Å². The Morgan fingerprint density at radius 3 is 2.65 bits per heavy atom. The molecule has 2 rings (SSSR count). The summed E-state index contributed by atoms with van der Waals surface area (Å²) in [5.74, 6) is 1.42. The second-order valence-corrected chi connectivity index (χ2v) is 6.01. The first-order valence-corrected chi connectivity index (χ1v) is 8.51. The molecule has 2 N–H and O–H groups in total. The standard InChI is InChI=1S/C18H28N2O3/c1-4-23-16-11-10-15(12-17(16)22-3)19-13(2)18(21)20-14-8-6-5-7-9-14/h10-14,19H,4-9H2,1-3H3,(H,20,21)/t13-/m0/s1. The van der Waals surface area contributed by atoms with E-state index in [0.29, 0.717) is 24.1 Å². The van der Waals surface area contributed by atoms with Crippen LogP contribution in [-0.4, -0.2) is 31.7 Å². The fraction of sp³-hybridized carbons (Fsp3) is 0.611. The van der Waals surface area contributed by atoms with Crippen molar-refractivity contribution in [2.75, 3.05) is 19.0 Å². The lowest BCUT2D eigenvalue weighted by Crippen LogP contribution is -2.44. The average molecular weight is 320 g/mol. The minimum Gasteiger partial charge on any atom is -0.493 e. The van der Waals surface area contributed by atoms with Crippen LogP contribution >= 0.6 is 0 Å². The Hall–Kier alpha value is -1.91. The van der Waals surface area contributed by atoms with Gasteiger partial charge in [-0.05, 0) is 38.8 Å². The lowest BCUT2D eigenvalue weighted by molar-refractivity contribution is -0.122. The maximum Gasteiger partial charge on any atom is 0.242 e. The molecular weight excluding hydrogens is 292 g/mol. The van der Waals surface area contributed by atoms with Gasteiger partial charge < -0.3 is 20.1 Å². The molecule has 0 bridgehead atoms. The number of hydrogen-bond donors (Lipinski definition) is 2. The highest BCUT2D eigenvalue weighted by molar-refractivity contribution is 5.84. The Balaban J connectivity index is 1.93. The molecule has 1 aromatic carbocycles. The fourth-order valence-electron chi connectivity index (χ4n) is 2.92. The van der Waals surface area contributed by atoms with Crippen LogP contribution < -0.4 is 20.1 Å². The molecule has 1 saturated carbocycles. The third-order valence-electron chi connectivity index (χ3n) is 4.19. The van der Waals surface area contributed by atoms with Crippen LogP contribution in [0.15, 0.2) is 18.2 Å². The molecule has 0 spiro atoms. The van der Waals surface area contributed by atoms with Crippen molar-refractivity contribution in [2.45, 2.75) is 58.0 Å². The van der Waals surface area contributed by atoms with Gasteiger partial charge >= 0.3 is 0 Å². The number of ether oxygens (including phenoxy) is 2. The van der Waals surface area contributed by atoms with Gasteiger partial charge in [0.15, 0.2) is 11.5 Å². The van der Waals surface area contributed by atoms with Crippen molar-refractivity contribution < 1.29 is 14.3 Å². The molecule has 23 heavy (non-hydrogen) atoms. The Morgan fingerprint density at radius 1 is 1.26 bits per heavy atom. The first-order valence-electron chi connectivity index (χ1n) is 8.51. The van der Waals surface area contributed by atoms with Crippen LogP contribution in [0.25, 0.3) is 0 Å². The van der Waals surface area contributed by atoms with Crippen LogP contribution in [0.3, 0.4) is 0 Å². The van der Waals surface area contributed by atoms with Crippen LogP contribution in [-0.2, 0) is 4.79 Å². The van der Waals surface area contributed by atoms with Gasteiger partial charge in [-0.2, -0.15) is 0 Å². The molecule has 1 aliphatic rings. The maximum absolute atomic E-state index is 12.3. The quantitative estimate of drug-likeness (QED) is 0.809. The summed E-state index contributed by atoms with van der Waals surface area (Å²) in [5, 5.41) is 6.37. The van der Waals surface area contributed by atoms with Gasteiger partial charge in [0, 0.05) is 17.8 Å². The molecule has 0 aliphatic heterocycles. The Labute approximate surface area is 138 Å². The van der Waals surface area contributed by atoms with Gasteiger partial charge in [0.05, 0.1) is 13.7 Å². The largest absolute Gasteiger partial charge is 0.493 e. The molecule has 128 valence electrons. The number of carbonyl (C=O) groups excluding carboxylic acids is 1. The van der Waals surface area contributed by atoms with E-state index < -0.39 is 0 Å². The zero-order chi connectivity index (χ0) is 16.7. The highest BCUT2D eigenvalue weighted by Crippen LogP contribution is 2.30. The molecule has 1 aliphatic carbocycles. The predicted octanol–water partition coefficient (Wildman–Crippen LogP) is 3.34. The maximum atomic E-state index is 12.3. The van der Waals surface area contributed by atoms with Crippen LogP contribution in [0.1, 0.15) is 46.0 Å². The predicted molar refractivity (Wildman–Crippen MR) is 92.3 cm³/mol. The minimum atomic E-state index is -0.292. The van der Waals surface area contributed by atoms with Crippen molar-refractivity contribution in [1.29, 1.82) is 0 Å². The van der Waals surface area contributed by atoms with E-state index >= 15 is 0 Å². The minimum absolute atomic E-state index is 0.0461. The summed E-state index contributed by atoms with van der Waals surface area (Å²) >= 11 is 0. The van der Waals surface area contributed by atoms with Gasteiger partial charge in [-0.15, -0.1) is 0 Å². The molecule has 0 aromatic heterocycles. The summed E-state index contributed by atoms with van der Waals surface area (Å²) < 4.78 is 10.8. The number of amides is 1. The number of hydrogen-bond acceptors (Lipinski definition) is 4. The second-order valence-electron chi connectivity index (χ2n) is 6.01. The van der Waals surface area contributed by atoms with E-state index in [0.717, 1.165) is 18.5 Å². The number of nitrogens with one attached hydrogen (secondary N) is 2. The van der Waals surface area contributed by atoms with E-state index in [1.54, 1.807) is 7.11 Å². The van der Waals surface area contributed by atoms with Gasteiger partial charge in [0.1, 0.15) is 6.04 Å². The molecule has 1 aromatic rings. The van der Waals surface area contributed by atoms with Crippen molar-refractivity contribution >= 4 is 11.6 Å². The van der Waals surface area contributed by atoms with E-state index in [9.17, 15) is 4.79 Å². The lowest BCUT2D eigenvalue weighted by Gasteiger charge is -2.25. The molecule has 0 heterocycles. The SMILES string of the molecule is CCOc1ccc(N[C@@H](C)C(=O)NC2CCCCC2)cc1OC. The van der Waals surface area contributed by atoms with Gasteiger partial charge in [-0.3, -0.25) is 4.79 Å². The van der Waals surface area contributed by atoms with Crippen LogP contribution in [0, 0.1) is 0 Å². The Morgan fingerprint density at radius 2 is 2.00 bits per heavy atom. The molecule has 0 unspecified atom stereocenters. The summed E-state index contributed by atoms with van der Waals surface area (Å²) in [6, 6.07) is 5.65. The normalized spacial score (nSPS) is 16.5. The number of methoxy groups -OCH3 is 1. The molecule has 1 fully saturated rings. The molecule has 5 heteroatoms. The van der Waals surface area contributed by atoms with E-state index in [1.807, 2.05) is 32.0 Å². The van der Waals surface area contributed by atoms with Crippen molar-refractivity contribution in [3.05, 3.63) is 18.2 Å². The van der Waals surface area contributed by atoms with E-state index in [-0.39, 0.29) is 11.9 Å². The van der Waals surface area contributed by atoms with Crippen LogP contribution in [0.4, 0.5) is 5.69 Å². The van der Waals surface area contributed by atoms with E-state index in [1.165, 1.54) is 19.3 Å². The van der Waals surface area contributed by atoms with Gasteiger partial charge in [-0.25, -0.2) is 0 Å². The van der Waals surface area contributed by atoms with Crippen molar-refractivity contribution in [3.8, 4) is 11.5 Å². The number of rotatable bonds is 7. The summed E-state index contributed by atoms with van der Waals surface area (Å²) in [4.78, 5) is 12.3. The number of carbonyl (C=O) groups is 1. The molecule has 1 atom stereocenters. The van der Waals surface area contributed by atoms with Crippen LogP contribution in [0.5, 0.6) is 11.5 Å². The first kappa shape index (κ1) is 17.4. The van der Waals surface area contributed by atoms with E-state index in [4.69, 9.17) is 9.47 Å². The fourth-order valence-corrected chi connectivity index (χ4v) is 2.92. The van der Waals surface area contributed by atoms with E-state index in [2.05, 4.69) is 10.6 Å². The van der Waals surface area contributed by atoms with Crippen molar-refractivity contribution in [3.63, 3.8) is 0 Å². The van der Waals surface area contributed by atoms with Gasteiger partial charge in [0.2, 0.25) is 5.91 Å². The zero-order valence-corrected chi connectivity index (χ0v) is 14.4. The third kappa shape index (κ3) is 5.05. The highest BCUT2D eigenvalue weighted by atomic mass is 16.5. The van der Waals surface area contributed by atoms with Crippen LogP contribution in [0.2, 0.25) is 0 Å². The summed E-state index contributed by atoms with van der Waals surface area (Å²) in [5.41, 5.74) is 0.844. The lowest BCUT2D eigenvalue weighted by atomic mass is 9.95. The number of benzene rings is 1. The molecule has 1 amide bonds. The summed E-state index contributed by atoms with van der Waals surface area (Å²) in [6.07, 6.45) is 5.89. The third-order valence-corrected chi connectivity index (χ3v) is 4.19. The molecule has 0 saturated heterocycles. The average Bonchev–Trinajstić information content (AvgIpc) is 2.57. The molecular formula is C18H28N2O3. The highest BCUT2D eigenvalue weighted by Gasteiger charge is 2.19. The Kier molecular flexibility index (Phi) is 6.56. The monoisotopic (exact) mass is 320 g/mol. The first-order chi connectivity index (χ1) is 11.1. The zero-order valence-electron chi connectivity index (χ0n) is 14.4. The van der Waals surface area contributed by atoms with Crippen molar-refractivity contribution in [1.82, 2.24) is 5.32 Å². The van der Waals surface area contributed by atoms with Gasteiger partial charge in [-0.1, -0.05) is 19.3 Å². The second kappa shape index (κ2) is 8.65. The van der Waals surface area contributed by atoms with Crippen molar-refractivity contribution in [2.24, 2.45) is 0 Å². The topological polar surface area (TPSA) is 59.6 Å². The smallest absolute Gasteiger partial charge is 0.242 e.